The van der Waals surface area contributed by atoms with E-state index in [1.807, 2.05) is 11.8 Å². The molecule has 3 rings (SSSR count). The fourth-order valence-corrected chi connectivity index (χ4v) is 3.70. The first kappa shape index (κ1) is 20.0. The maximum Gasteiger partial charge on any atom is 0.308 e. The average molecular weight is 386 g/mol. The summed E-state index contributed by atoms with van der Waals surface area (Å²) in [6.07, 6.45) is 5.46. The second-order valence-electron chi connectivity index (χ2n) is 7.02. The summed E-state index contributed by atoms with van der Waals surface area (Å²) in [4.78, 5) is 38.6. The summed E-state index contributed by atoms with van der Waals surface area (Å²) < 4.78 is 6.28. The van der Waals surface area contributed by atoms with Gasteiger partial charge in [-0.3, -0.25) is 14.4 Å². The molecule has 1 aliphatic rings. The van der Waals surface area contributed by atoms with Crippen molar-refractivity contribution in [2.75, 3.05) is 13.2 Å². The number of hydrogen-bond donors (Lipinski definition) is 0. The molecular weight excluding hydrogens is 360 g/mol. The molecule has 2 aromatic rings. The first-order valence-electron chi connectivity index (χ1n) is 9.87. The van der Waals surface area contributed by atoms with Crippen LogP contribution < -0.4 is 5.56 Å². The molecule has 1 fully saturated rings. The van der Waals surface area contributed by atoms with Crippen molar-refractivity contribution in [2.24, 2.45) is 0 Å². The molecule has 0 radical (unpaired) electrons. The number of esters is 1. The Morgan fingerprint density at radius 3 is 2.71 bits per heavy atom. The van der Waals surface area contributed by atoms with E-state index in [1.165, 1.54) is 6.42 Å². The van der Waals surface area contributed by atoms with Gasteiger partial charge >= 0.3 is 5.97 Å². The van der Waals surface area contributed by atoms with E-state index in [9.17, 15) is 14.4 Å². The number of rotatable bonds is 7. The molecule has 28 heavy (non-hydrogen) atoms. The molecule has 0 N–H and O–H groups in total. The number of aromatic nitrogens is 3. The van der Waals surface area contributed by atoms with E-state index in [4.69, 9.17) is 4.74 Å². The van der Waals surface area contributed by atoms with Crippen LogP contribution in [0.15, 0.2) is 29.1 Å². The number of ether oxygens (including phenoxy) is 1. The Balaban J connectivity index is 1.51. The van der Waals surface area contributed by atoms with Gasteiger partial charge in [-0.2, -0.15) is 0 Å². The van der Waals surface area contributed by atoms with Crippen molar-refractivity contribution in [1.82, 2.24) is 19.9 Å². The highest BCUT2D eigenvalue weighted by Crippen LogP contribution is 2.22. The van der Waals surface area contributed by atoms with Crippen LogP contribution in [-0.4, -0.2) is 51.0 Å². The number of aryl methyl sites for hydroxylation is 1. The molecule has 1 amide bonds. The maximum absolute atomic E-state index is 12.4. The van der Waals surface area contributed by atoms with E-state index < -0.39 is 5.97 Å². The Labute approximate surface area is 163 Å². The fraction of sp³-hybridized carbons (Fsp3) is 0.550. The smallest absolute Gasteiger partial charge is 0.308 e. The number of carbonyl (C=O) groups excluding carboxylic acids is 2. The lowest BCUT2D eigenvalue weighted by Crippen LogP contribution is -2.43. The summed E-state index contributed by atoms with van der Waals surface area (Å²) in [7, 11) is 0. The number of fused-ring (bicyclic) bond motifs is 1. The van der Waals surface area contributed by atoms with Crippen LogP contribution in [0.25, 0.3) is 10.9 Å². The summed E-state index contributed by atoms with van der Waals surface area (Å²) in [6, 6.07) is 7.16. The number of carbonyl (C=O) groups is 2. The normalized spacial score (nSPS) is 14.8. The minimum Gasteiger partial charge on any atom is -0.456 e. The van der Waals surface area contributed by atoms with Crippen molar-refractivity contribution in [2.45, 2.75) is 58.0 Å². The number of benzene rings is 1. The highest BCUT2D eigenvalue weighted by Gasteiger charge is 2.24. The molecular formula is C20H26N4O4. The van der Waals surface area contributed by atoms with E-state index in [0.717, 1.165) is 30.4 Å². The quantitative estimate of drug-likeness (QED) is 0.675. The predicted molar refractivity (Wildman–Crippen MR) is 104 cm³/mol. The van der Waals surface area contributed by atoms with Crippen molar-refractivity contribution < 1.29 is 14.3 Å². The van der Waals surface area contributed by atoms with Crippen LogP contribution in [0.2, 0.25) is 0 Å². The van der Waals surface area contributed by atoms with Gasteiger partial charge in [0.1, 0.15) is 5.52 Å². The lowest BCUT2D eigenvalue weighted by molar-refractivity contribution is -0.153. The molecule has 150 valence electrons. The fourth-order valence-electron chi connectivity index (χ4n) is 3.70. The number of amides is 1. The van der Waals surface area contributed by atoms with Gasteiger partial charge in [0, 0.05) is 12.6 Å². The third kappa shape index (κ3) is 4.74. The van der Waals surface area contributed by atoms with E-state index in [1.54, 1.807) is 24.3 Å². The molecule has 0 unspecified atom stereocenters. The van der Waals surface area contributed by atoms with Crippen LogP contribution in [-0.2, 0) is 20.9 Å². The highest BCUT2D eigenvalue weighted by atomic mass is 16.5. The van der Waals surface area contributed by atoms with Gasteiger partial charge in [-0.1, -0.05) is 36.6 Å². The summed E-state index contributed by atoms with van der Waals surface area (Å²) in [6.45, 7) is 2.35. The van der Waals surface area contributed by atoms with Crippen molar-refractivity contribution in [3.63, 3.8) is 0 Å². The van der Waals surface area contributed by atoms with Gasteiger partial charge < -0.3 is 9.64 Å². The van der Waals surface area contributed by atoms with E-state index in [0.29, 0.717) is 17.4 Å². The van der Waals surface area contributed by atoms with Crippen LogP contribution in [0, 0.1) is 0 Å². The zero-order valence-electron chi connectivity index (χ0n) is 16.2. The third-order valence-corrected chi connectivity index (χ3v) is 5.19. The molecule has 1 aromatic heterocycles. The maximum atomic E-state index is 12.4. The van der Waals surface area contributed by atoms with Gasteiger partial charge in [0.25, 0.3) is 11.5 Å². The Bertz CT molecular complexity index is 889. The van der Waals surface area contributed by atoms with Gasteiger partial charge in [0.05, 0.1) is 18.4 Å². The molecule has 1 saturated carbocycles. The molecule has 0 bridgehead atoms. The molecule has 8 heteroatoms. The zero-order valence-corrected chi connectivity index (χ0v) is 16.2. The standard InChI is InChI=1S/C20H26N4O4/c1-2-23(15-8-4-3-5-9-15)18(25)14-28-19(26)12-13-24-20(27)16-10-6-7-11-17(16)21-22-24/h6-7,10-11,15H,2-5,8-9,12-14H2,1H3. The molecule has 0 atom stereocenters. The van der Waals surface area contributed by atoms with Crippen molar-refractivity contribution in [3.8, 4) is 0 Å². The highest BCUT2D eigenvalue weighted by molar-refractivity contribution is 5.81. The van der Waals surface area contributed by atoms with Gasteiger partial charge in [0.2, 0.25) is 0 Å². The Hall–Kier alpha value is -2.77. The molecule has 0 saturated heterocycles. The Morgan fingerprint density at radius 2 is 1.96 bits per heavy atom. The van der Waals surface area contributed by atoms with Crippen LogP contribution >= 0.6 is 0 Å². The molecule has 1 heterocycles. The van der Waals surface area contributed by atoms with E-state index >= 15 is 0 Å². The first-order valence-corrected chi connectivity index (χ1v) is 9.87. The minimum atomic E-state index is -0.532. The molecule has 8 nitrogen and oxygen atoms in total. The van der Waals surface area contributed by atoms with Crippen molar-refractivity contribution in [3.05, 3.63) is 34.6 Å². The topological polar surface area (TPSA) is 94.4 Å². The zero-order chi connectivity index (χ0) is 19.9. The third-order valence-electron chi connectivity index (χ3n) is 5.19. The van der Waals surface area contributed by atoms with Gasteiger partial charge in [-0.15, -0.1) is 5.10 Å². The predicted octanol–water partition coefficient (Wildman–Crippen LogP) is 1.91. The summed E-state index contributed by atoms with van der Waals surface area (Å²) in [5, 5.41) is 8.28. The second kappa shape index (κ2) is 9.43. The van der Waals surface area contributed by atoms with Crippen molar-refractivity contribution in [1.29, 1.82) is 0 Å². The Kier molecular flexibility index (Phi) is 6.73. The SMILES string of the molecule is CCN(C(=O)COC(=O)CCn1nnc2ccccc2c1=O)C1CCCCC1. The molecule has 0 spiro atoms. The number of nitrogens with zero attached hydrogens (tertiary/aromatic N) is 4. The minimum absolute atomic E-state index is 0.0459. The summed E-state index contributed by atoms with van der Waals surface area (Å²) in [5.41, 5.74) is 0.211. The van der Waals surface area contributed by atoms with Crippen LogP contribution in [0.4, 0.5) is 0 Å². The van der Waals surface area contributed by atoms with E-state index in [-0.39, 0.29) is 37.1 Å². The van der Waals surface area contributed by atoms with Gasteiger partial charge in [-0.05, 0) is 31.9 Å². The lowest BCUT2D eigenvalue weighted by Gasteiger charge is -2.33. The van der Waals surface area contributed by atoms with Gasteiger partial charge in [-0.25, -0.2) is 4.68 Å². The van der Waals surface area contributed by atoms with Crippen LogP contribution in [0.3, 0.4) is 0 Å². The number of hydrogen-bond acceptors (Lipinski definition) is 6. The lowest BCUT2D eigenvalue weighted by atomic mass is 9.94. The van der Waals surface area contributed by atoms with Crippen molar-refractivity contribution >= 4 is 22.8 Å². The Morgan fingerprint density at radius 1 is 1.21 bits per heavy atom. The molecule has 1 aliphatic carbocycles. The first-order chi connectivity index (χ1) is 13.6. The van der Waals surface area contributed by atoms with Crippen LogP contribution in [0.1, 0.15) is 45.4 Å². The number of likely N-dealkylation sites (N-methyl/N-ethyl adjacent to an activating group) is 1. The summed E-state index contributed by atoms with van der Waals surface area (Å²) >= 11 is 0. The molecule has 1 aromatic carbocycles. The second-order valence-corrected chi connectivity index (χ2v) is 7.02. The van der Waals surface area contributed by atoms with E-state index in [2.05, 4.69) is 10.3 Å². The summed E-state index contributed by atoms with van der Waals surface area (Å²) in [5.74, 6) is -0.694. The molecule has 0 aliphatic heterocycles. The monoisotopic (exact) mass is 386 g/mol. The average Bonchev–Trinajstić information content (AvgIpc) is 2.73. The van der Waals surface area contributed by atoms with Gasteiger partial charge in [0.15, 0.2) is 6.61 Å². The largest absolute Gasteiger partial charge is 0.456 e. The van der Waals surface area contributed by atoms with Crippen LogP contribution in [0.5, 0.6) is 0 Å².